The van der Waals surface area contributed by atoms with Gasteiger partial charge in [0, 0.05) is 25.2 Å². The van der Waals surface area contributed by atoms with Crippen molar-refractivity contribution in [2.24, 2.45) is 7.05 Å². The number of ether oxygens (including phenoxy) is 1. The molecule has 1 saturated carbocycles. The number of nitrogens with zero attached hydrogens (tertiary/aromatic N) is 3. The van der Waals surface area contributed by atoms with E-state index in [9.17, 15) is 4.79 Å². The van der Waals surface area contributed by atoms with E-state index >= 15 is 0 Å². The molecule has 5 rings (SSSR count). The second-order valence-corrected chi connectivity index (χ2v) is 7.33. The van der Waals surface area contributed by atoms with Crippen molar-refractivity contribution < 1.29 is 9.53 Å². The molecular weight excluding hydrogens is 328 g/mol. The molecule has 1 amide bonds. The number of carbonyl (C=O) groups is 1. The number of amides is 1. The van der Waals surface area contributed by atoms with Gasteiger partial charge in [-0.15, -0.1) is 0 Å². The second kappa shape index (κ2) is 5.56. The van der Waals surface area contributed by atoms with Crippen molar-refractivity contribution in [2.45, 2.75) is 37.3 Å². The number of rotatable bonds is 2. The Balaban J connectivity index is 1.44. The van der Waals surface area contributed by atoms with Crippen LogP contribution in [0.4, 0.5) is 0 Å². The predicted molar refractivity (Wildman–Crippen MR) is 97.0 cm³/mol. The summed E-state index contributed by atoms with van der Waals surface area (Å²) in [5, 5.41) is 3.19. The summed E-state index contributed by atoms with van der Waals surface area (Å²) in [5.74, 6) is 0.767. The summed E-state index contributed by atoms with van der Waals surface area (Å²) in [7, 11) is 1.89. The van der Waals surface area contributed by atoms with E-state index in [0.29, 0.717) is 5.56 Å². The maximum atomic E-state index is 12.9. The predicted octanol–water partition coefficient (Wildman–Crippen LogP) is 3.14. The van der Waals surface area contributed by atoms with Crippen molar-refractivity contribution in [1.82, 2.24) is 19.9 Å². The number of fused-ring (bicyclic) bond motifs is 2. The van der Waals surface area contributed by atoms with Crippen LogP contribution in [0.5, 0.6) is 5.75 Å². The van der Waals surface area contributed by atoms with Crippen LogP contribution in [-0.2, 0) is 7.05 Å². The van der Waals surface area contributed by atoms with Gasteiger partial charge < -0.3 is 14.6 Å². The summed E-state index contributed by atoms with van der Waals surface area (Å²) in [6.45, 7) is 0. The molecule has 0 bridgehead atoms. The molecule has 6 nitrogen and oxygen atoms in total. The number of pyridine rings is 1. The fourth-order valence-corrected chi connectivity index (χ4v) is 4.01. The average molecular weight is 348 g/mol. The number of nitrogens with one attached hydrogen (secondary N) is 1. The minimum atomic E-state index is -0.124. The molecule has 2 aromatic heterocycles. The Hall–Kier alpha value is -2.89. The maximum Gasteiger partial charge on any atom is 0.253 e. The summed E-state index contributed by atoms with van der Waals surface area (Å²) >= 11 is 0. The molecule has 132 valence electrons. The first kappa shape index (κ1) is 15.4. The number of aryl methyl sites for hydroxylation is 1. The molecule has 0 radical (unpaired) electrons. The van der Waals surface area contributed by atoms with Crippen molar-refractivity contribution in [2.75, 3.05) is 0 Å². The maximum absolute atomic E-state index is 12.9. The Morgan fingerprint density at radius 2 is 2.15 bits per heavy atom. The number of benzene rings is 1. The third-order valence-corrected chi connectivity index (χ3v) is 5.58. The monoisotopic (exact) mass is 348 g/mol. The fraction of sp³-hybridized carbons (Fsp3) is 0.350. The van der Waals surface area contributed by atoms with E-state index < -0.39 is 0 Å². The first-order valence-electron chi connectivity index (χ1n) is 8.99. The van der Waals surface area contributed by atoms with E-state index in [1.165, 1.54) is 6.42 Å². The van der Waals surface area contributed by atoms with Crippen LogP contribution in [0.3, 0.4) is 0 Å². The smallest absolute Gasteiger partial charge is 0.253 e. The van der Waals surface area contributed by atoms with E-state index in [2.05, 4.69) is 15.3 Å². The molecule has 6 heteroatoms. The normalized spacial score (nSPS) is 20.3. The van der Waals surface area contributed by atoms with Crippen LogP contribution in [0.2, 0.25) is 0 Å². The lowest BCUT2D eigenvalue weighted by Crippen LogP contribution is -2.49. The van der Waals surface area contributed by atoms with E-state index in [-0.39, 0.29) is 17.6 Å². The third kappa shape index (κ3) is 2.36. The SMILES string of the molecule is Cn1cnc2cc(C(=O)NC3CC4(CCC4)Oc4ccccc43)cnc21. The number of imidazole rings is 1. The van der Waals surface area contributed by atoms with Gasteiger partial charge in [-0.25, -0.2) is 9.97 Å². The minimum absolute atomic E-state index is 0.0489. The zero-order valence-corrected chi connectivity index (χ0v) is 14.6. The Bertz CT molecular complexity index is 1010. The topological polar surface area (TPSA) is 69.0 Å². The molecule has 1 aliphatic heterocycles. The molecule has 3 aromatic rings. The highest BCUT2D eigenvalue weighted by atomic mass is 16.5. The highest BCUT2D eigenvalue weighted by Gasteiger charge is 2.45. The lowest BCUT2D eigenvalue weighted by atomic mass is 9.73. The summed E-state index contributed by atoms with van der Waals surface area (Å²) in [6, 6.07) is 9.74. The van der Waals surface area contributed by atoms with Crippen LogP contribution in [-0.4, -0.2) is 26.0 Å². The molecule has 1 unspecified atom stereocenters. The Labute approximate surface area is 151 Å². The molecule has 1 atom stereocenters. The molecule has 26 heavy (non-hydrogen) atoms. The quantitative estimate of drug-likeness (QED) is 0.772. The van der Waals surface area contributed by atoms with E-state index in [1.54, 1.807) is 18.6 Å². The van der Waals surface area contributed by atoms with Gasteiger partial charge in [-0.05, 0) is 31.4 Å². The van der Waals surface area contributed by atoms with Crippen molar-refractivity contribution in [3.8, 4) is 5.75 Å². The number of hydrogen-bond acceptors (Lipinski definition) is 4. The van der Waals surface area contributed by atoms with E-state index in [1.807, 2.05) is 35.9 Å². The van der Waals surface area contributed by atoms with Gasteiger partial charge in [-0.3, -0.25) is 4.79 Å². The Morgan fingerprint density at radius 1 is 1.31 bits per heavy atom. The molecule has 2 aliphatic rings. The van der Waals surface area contributed by atoms with Crippen molar-refractivity contribution in [3.05, 3.63) is 54.0 Å². The van der Waals surface area contributed by atoms with Gasteiger partial charge in [0.15, 0.2) is 5.65 Å². The van der Waals surface area contributed by atoms with Gasteiger partial charge in [-0.2, -0.15) is 0 Å². The number of hydrogen-bond donors (Lipinski definition) is 1. The summed E-state index contributed by atoms with van der Waals surface area (Å²) < 4.78 is 8.10. The van der Waals surface area contributed by atoms with E-state index in [0.717, 1.165) is 41.7 Å². The van der Waals surface area contributed by atoms with Gasteiger partial charge in [0.2, 0.25) is 0 Å². The molecule has 1 aromatic carbocycles. The van der Waals surface area contributed by atoms with Gasteiger partial charge >= 0.3 is 0 Å². The Morgan fingerprint density at radius 3 is 2.96 bits per heavy atom. The highest BCUT2D eigenvalue weighted by Crippen LogP contribution is 2.48. The highest BCUT2D eigenvalue weighted by molar-refractivity contribution is 5.96. The molecule has 1 fully saturated rings. The van der Waals surface area contributed by atoms with Crippen LogP contribution in [0, 0.1) is 0 Å². The standard InChI is InChI=1S/C20H20N4O2/c1-24-12-22-15-9-13(11-21-18(15)24)19(25)23-16-10-20(7-4-8-20)26-17-6-3-2-5-14(16)17/h2-3,5-6,9,11-12,16H,4,7-8,10H2,1H3,(H,23,25). The fourth-order valence-electron chi connectivity index (χ4n) is 4.01. The number of aromatic nitrogens is 3. The van der Waals surface area contributed by atoms with Gasteiger partial charge in [0.25, 0.3) is 5.91 Å². The molecule has 1 aliphatic carbocycles. The lowest BCUT2D eigenvalue weighted by Gasteiger charge is -2.48. The second-order valence-electron chi connectivity index (χ2n) is 7.33. The first-order chi connectivity index (χ1) is 12.6. The molecule has 0 saturated heterocycles. The van der Waals surface area contributed by atoms with Crippen molar-refractivity contribution >= 4 is 17.1 Å². The average Bonchev–Trinajstić information content (AvgIpc) is 3.00. The summed E-state index contributed by atoms with van der Waals surface area (Å²) in [5.41, 5.74) is 2.96. The zero-order chi connectivity index (χ0) is 17.7. The van der Waals surface area contributed by atoms with Crippen molar-refractivity contribution in [1.29, 1.82) is 0 Å². The van der Waals surface area contributed by atoms with Gasteiger partial charge in [-0.1, -0.05) is 18.2 Å². The van der Waals surface area contributed by atoms with E-state index in [4.69, 9.17) is 4.74 Å². The zero-order valence-electron chi connectivity index (χ0n) is 14.6. The van der Waals surface area contributed by atoms with Gasteiger partial charge in [0.1, 0.15) is 16.9 Å². The molecule has 3 heterocycles. The lowest BCUT2D eigenvalue weighted by molar-refractivity contribution is -0.0360. The third-order valence-electron chi connectivity index (χ3n) is 5.58. The van der Waals surface area contributed by atoms with Crippen LogP contribution in [0.25, 0.3) is 11.2 Å². The minimum Gasteiger partial charge on any atom is -0.487 e. The summed E-state index contributed by atoms with van der Waals surface area (Å²) in [4.78, 5) is 21.5. The Kier molecular flexibility index (Phi) is 3.29. The van der Waals surface area contributed by atoms with Crippen LogP contribution >= 0.6 is 0 Å². The van der Waals surface area contributed by atoms with Crippen LogP contribution in [0.1, 0.15) is 47.6 Å². The molecule has 1 N–H and O–H groups in total. The first-order valence-corrected chi connectivity index (χ1v) is 8.99. The van der Waals surface area contributed by atoms with Crippen molar-refractivity contribution in [3.63, 3.8) is 0 Å². The molecular formula is C20H20N4O2. The summed E-state index contributed by atoms with van der Waals surface area (Å²) in [6.07, 6.45) is 7.42. The number of para-hydroxylation sites is 1. The largest absolute Gasteiger partial charge is 0.487 e. The van der Waals surface area contributed by atoms with Gasteiger partial charge in [0.05, 0.1) is 17.9 Å². The number of carbonyl (C=O) groups excluding carboxylic acids is 1. The van der Waals surface area contributed by atoms with Crippen LogP contribution in [0.15, 0.2) is 42.9 Å². The molecule has 1 spiro atoms. The van der Waals surface area contributed by atoms with Crippen LogP contribution < -0.4 is 10.1 Å².